The minimum Gasteiger partial charge on any atom is -0.374 e. The van der Waals surface area contributed by atoms with Gasteiger partial charge in [-0.1, -0.05) is 0 Å². The van der Waals surface area contributed by atoms with Gasteiger partial charge in [-0.3, -0.25) is 0 Å². The molecule has 106 valence electrons. The van der Waals surface area contributed by atoms with Crippen LogP contribution in [0.1, 0.15) is 24.8 Å². The number of rotatable bonds is 2. The summed E-state index contributed by atoms with van der Waals surface area (Å²) < 4.78 is 6.09. The molecule has 20 heavy (non-hydrogen) atoms. The molecular formula is C16H20N2OS. The number of nitriles is 1. The Balaban J connectivity index is 1.72. The highest BCUT2D eigenvalue weighted by Crippen LogP contribution is 2.40. The van der Waals surface area contributed by atoms with Crippen LogP contribution in [-0.2, 0) is 4.74 Å². The molecule has 1 spiro atoms. The first-order valence-electron chi connectivity index (χ1n) is 7.17. The topological polar surface area (TPSA) is 36.3 Å². The van der Waals surface area contributed by atoms with Crippen LogP contribution in [0.2, 0.25) is 0 Å². The Hall–Kier alpha value is -1.18. The molecule has 2 heterocycles. The van der Waals surface area contributed by atoms with Crippen molar-refractivity contribution in [2.45, 2.75) is 30.9 Å². The summed E-state index contributed by atoms with van der Waals surface area (Å²) in [4.78, 5) is 2.36. The Labute approximate surface area is 124 Å². The van der Waals surface area contributed by atoms with E-state index in [1.54, 1.807) is 0 Å². The van der Waals surface area contributed by atoms with Gasteiger partial charge in [0.25, 0.3) is 0 Å². The van der Waals surface area contributed by atoms with Gasteiger partial charge < -0.3 is 9.64 Å². The predicted molar refractivity (Wildman–Crippen MR) is 83.2 cm³/mol. The average molecular weight is 288 g/mol. The number of thioether (sulfide) groups is 1. The average Bonchev–Trinajstić information content (AvgIpc) is 2.94. The minimum atomic E-state index is 0.119. The predicted octanol–water partition coefficient (Wildman–Crippen LogP) is 3.05. The molecule has 2 unspecified atom stereocenters. The van der Waals surface area contributed by atoms with Crippen LogP contribution in [0.5, 0.6) is 0 Å². The van der Waals surface area contributed by atoms with Gasteiger partial charge in [0.2, 0.25) is 0 Å². The van der Waals surface area contributed by atoms with Crippen LogP contribution in [0.25, 0.3) is 0 Å². The summed E-state index contributed by atoms with van der Waals surface area (Å²) in [5.41, 5.74) is 2.03. The molecule has 0 N–H and O–H groups in total. The van der Waals surface area contributed by atoms with Gasteiger partial charge in [-0.2, -0.15) is 17.0 Å². The molecule has 0 bridgehead atoms. The van der Waals surface area contributed by atoms with Crippen molar-refractivity contribution >= 4 is 17.4 Å². The summed E-state index contributed by atoms with van der Waals surface area (Å²) in [7, 11) is 2.16. The summed E-state index contributed by atoms with van der Waals surface area (Å²) in [6.45, 7) is 0.867. The fourth-order valence-corrected chi connectivity index (χ4v) is 4.56. The van der Waals surface area contributed by atoms with Crippen LogP contribution in [0.3, 0.4) is 0 Å². The third kappa shape index (κ3) is 2.65. The summed E-state index contributed by atoms with van der Waals surface area (Å²) >= 11 is 2.01. The van der Waals surface area contributed by atoms with E-state index in [9.17, 15) is 0 Å². The van der Waals surface area contributed by atoms with Crippen LogP contribution < -0.4 is 4.90 Å². The lowest BCUT2D eigenvalue weighted by Crippen LogP contribution is -2.48. The first-order chi connectivity index (χ1) is 9.72. The standard InChI is InChI=1S/C16H20N2OS/c1-18(14-4-2-13(11-17)3-5-14)15-6-8-19-16(10-15)7-9-20-12-16/h2-5,15H,6-10,12H2,1H3. The zero-order chi connectivity index (χ0) is 14.0. The molecule has 1 aromatic carbocycles. The van der Waals surface area contributed by atoms with Gasteiger partial charge in [0.05, 0.1) is 17.2 Å². The molecule has 2 fully saturated rings. The summed E-state index contributed by atoms with van der Waals surface area (Å²) in [5.74, 6) is 2.37. The Morgan fingerprint density at radius 3 is 2.85 bits per heavy atom. The van der Waals surface area contributed by atoms with Gasteiger partial charge in [0, 0.05) is 31.1 Å². The van der Waals surface area contributed by atoms with Crippen LogP contribution in [0.4, 0.5) is 5.69 Å². The van der Waals surface area contributed by atoms with Crippen molar-refractivity contribution in [1.82, 2.24) is 0 Å². The van der Waals surface area contributed by atoms with Gasteiger partial charge in [-0.25, -0.2) is 0 Å². The maximum Gasteiger partial charge on any atom is 0.0991 e. The molecule has 4 heteroatoms. The van der Waals surface area contributed by atoms with Crippen molar-refractivity contribution < 1.29 is 4.74 Å². The molecule has 0 aromatic heterocycles. The molecule has 0 aliphatic carbocycles. The molecule has 2 aliphatic heterocycles. The molecule has 3 rings (SSSR count). The third-order valence-corrected chi connectivity index (χ3v) is 5.71. The zero-order valence-electron chi connectivity index (χ0n) is 11.8. The van der Waals surface area contributed by atoms with Crippen LogP contribution in [0.15, 0.2) is 24.3 Å². The lowest BCUT2D eigenvalue weighted by atomic mass is 9.89. The van der Waals surface area contributed by atoms with E-state index >= 15 is 0 Å². The molecule has 1 aromatic rings. The Morgan fingerprint density at radius 1 is 1.40 bits per heavy atom. The summed E-state index contributed by atoms with van der Waals surface area (Å²) in [6.07, 6.45) is 3.40. The second kappa shape index (κ2) is 5.67. The van der Waals surface area contributed by atoms with E-state index in [1.165, 1.54) is 17.9 Å². The smallest absolute Gasteiger partial charge is 0.0991 e. The fourth-order valence-electron chi connectivity index (χ4n) is 3.18. The van der Waals surface area contributed by atoms with Gasteiger partial charge in [0.15, 0.2) is 0 Å². The summed E-state index contributed by atoms with van der Waals surface area (Å²) in [5, 5.41) is 8.87. The van der Waals surface area contributed by atoms with Crippen molar-refractivity contribution in [2.75, 3.05) is 30.1 Å². The Morgan fingerprint density at radius 2 is 2.20 bits per heavy atom. The van der Waals surface area contributed by atoms with Gasteiger partial charge >= 0.3 is 0 Å². The van der Waals surface area contributed by atoms with E-state index in [0.717, 1.165) is 30.8 Å². The number of nitrogens with zero attached hydrogens (tertiary/aromatic N) is 2. The first-order valence-corrected chi connectivity index (χ1v) is 8.33. The number of hydrogen-bond acceptors (Lipinski definition) is 4. The molecule has 0 amide bonds. The highest BCUT2D eigenvalue weighted by molar-refractivity contribution is 7.99. The fraction of sp³-hybridized carbons (Fsp3) is 0.562. The SMILES string of the molecule is CN(c1ccc(C#N)cc1)C1CCOC2(CCSC2)C1. The van der Waals surface area contributed by atoms with E-state index in [1.807, 2.05) is 36.0 Å². The second-order valence-corrected chi connectivity index (χ2v) is 6.86. The first kappa shape index (κ1) is 13.8. The number of hydrogen-bond donors (Lipinski definition) is 0. The minimum absolute atomic E-state index is 0.119. The van der Waals surface area contributed by atoms with Crippen LogP contribution in [-0.4, -0.2) is 36.8 Å². The van der Waals surface area contributed by atoms with Crippen molar-refractivity contribution in [3.8, 4) is 6.07 Å². The van der Waals surface area contributed by atoms with E-state index in [0.29, 0.717) is 6.04 Å². The molecule has 3 nitrogen and oxygen atoms in total. The molecule has 2 atom stereocenters. The number of ether oxygens (including phenoxy) is 1. The molecule has 0 radical (unpaired) electrons. The van der Waals surface area contributed by atoms with Crippen molar-refractivity contribution in [3.05, 3.63) is 29.8 Å². The lowest BCUT2D eigenvalue weighted by molar-refractivity contribution is -0.0658. The highest BCUT2D eigenvalue weighted by atomic mass is 32.2. The number of benzene rings is 1. The van der Waals surface area contributed by atoms with E-state index < -0.39 is 0 Å². The zero-order valence-corrected chi connectivity index (χ0v) is 12.7. The normalized spacial score (nSPS) is 29.3. The molecular weight excluding hydrogens is 268 g/mol. The quantitative estimate of drug-likeness (QED) is 0.838. The van der Waals surface area contributed by atoms with Gasteiger partial charge in [-0.05, 0) is 49.3 Å². The highest BCUT2D eigenvalue weighted by Gasteiger charge is 2.41. The van der Waals surface area contributed by atoms with Gasteiger partial charge in [-0.15, -0.1) is 0 Å². The van der Waals surface area contributed by atoms with E-state index in [-0.39, 0.29) is 5.60 Å². The molecule has 2 aliphatic rings. The van der Waals surface area contributed by atoms with Gasteiger partial charge in [0.1, 0.15) is 0 Å². The lowest BCUT2D eigenvalue weighted by Gasteiger charge is -2.42. The number of anilines is 1. The Bertz CT molecular complexity index is 502. The molecule has 0 saturated carbocycles. The van der Waals surface area contributed by atoms with Crippen LogP contribution in [0, 0.1) is 11.3 Å². The van der Waals surface area contributed by atoms with E-state index in [2.05, 4.69) is 18.0 Å². The third-order valence-electron chi connectivity index (χ3n) is 4.49. The summed E-state index contributed by atoms with van der Waals surface area (Å²) in [6, 6.07) is 10.6. The van der Waals surface area contributed by atoms with Crippen LogP contribution >= 0.6 is 11.8 Å². The van der Waals surface area contributed by atoms with Crippen molar-refractivity contribution in [1.29, 1.82) is 5.26 Å². The van der Waals surface area contributed by atoms with Crippen molar-refractivity contribution in [3.63, 3.8) is 0 Å². The largest absolute Gasteiger partial charge is 0.374 e. The van der Waals surface area contributed by atoms with E-state index in [4.69, 9.17) is 10.00 Å². The monoisotopic (exact) mass is 288 g/mol. The Kier molecular flexibility index (Phi) is 3.91. The van der Waals surface area contributed by atoms with Crippen molar-refractivity contribution in [2.24, 2.45) is 0 Å². The maximum atomic E-state index is 8.87. The second-order valence-electron chi connectivity index (χ2n) is 5.75. The maximum absolute atomic E-state index is 8.87. The molecule has 2 saturated heterocycles.